The van der Waals surface area contributed by atoms with Crippen LogP contribution in [0, 0.1) is 6.92 Å². The number of nitrogens with zero attached hydrogens (tertiary/aromatic N) is 4. The first-order chi connectivity index (χ1) is 13.7. The van der Waals surface area contributed by atoms with Gasteiger partial charge in [-0.3, -0.25) is 9.48 Å². The molecule has 0 spiro atoms. The molecule has 1 aromatic carbocycles. The Hall–Kier alpha value is -3.43. The molecular formula is C19H18F3N5O2. The van der Waals surface area contributed by atoms with E-state index >= 15 is 0 Å². The molecule has 0 saturated carbocycles. The predicted octanol–water partition coefficient (Wildman–Crippen LogP) is 4.28. The highest BCUT2D eigenvalue weighted by molar-refractivity contribution is 5.70. The molecule has 0 amide bonds. The average Bonchev–Trinajstić information content (AvgIpc) is 3.09. The van der Waals surface area contributed by atoms with Crippen molar-refractivity contribution in [2.45, 2.75) is 32.5 Å². The van der Waals surface area contributed by atoms with Crippen LogP contribution in [0.1, 0.15) is 24.1 Å². The smallest absolute Gasteiger partial charge is 0.433 e. The lowest BCUT2D eigenvalue weighted by molar-refractivity contribution is -0.141. The first kappa shape index (κ1) is 20.3. The van der Waals surface area contributed by atoms with E-state index in [2.05, 4.69) is 20.4 Å². The number of hydrogen-bond donors (Lipinski definition) is 2. The van der Waals surface area contributed by atoms with Gasteiger partial charge < -0.3 is 10.4 Å². The number of anilines is 2. The number of hydrogen-bond acceptors (Lipinski definition) is 5. The van der Waals surface area contributed by atoms with Crippen molar-refractivity contribution in [2.24, 2.45) is 0 Å². The molecule has 7 nitrogen and oxygen atoms in total. The van der Waals surface area contributed by atoms with Crippen LogP contribution in [0.15, 0.2) is 42.9 Å². The Morgan fingerprint density at radius 2 is 2.03 bits per heavy atom. The molecule has 152 valence electrons. The van der Waals surface area contributed by atoms with Gasteiger partial charge in [-0.25, -0.2) is 9.97 Å². The molecule has 3 rings (SSSR count). The van der Waals surface area contributed by atoms with Crippen LogP contribution in [-0.4, -0.2) is 30.8 Å². The summed E-state index contributed by atoms with van der Waals surface area (Å²) in [4.78, 5) is 18.0. The van der Waals surface area contributed by atoms with Gasteiger partial charge in [-0.2, -0.15) is 18.3 Å². The predicted molar refractivity (Wildman–Crippen MR) is 99.6 cm³/mol. The van der Waals surface area contributed by atoms with E-state index in [-0.39, 0.29) is 12.4 Å². The third-order valence-corrected chi connectivity index (χ3v) is 4.02. The van der Waals surface area contributed by atoms with E-state index in [1.807, 2.05) is 13.0 Å². The lowest BCUT2D eigenvalue weighted by Gasteiger charge is -2.10. The Morgan fingerprint density at radius 3 is 2.76 bits per heavy atom. The lowest BCUT2D eigenvalue weighted by Crippen LogP contribution is -2.10. The maximum atomic E-state index is 12.8. The van der Waals surface area contributed by atoms with Gasteiger partial charge in [-0.1, -0.05) is 6.07 Å². The molecule has 0 atom stereocenters. The lowest BCUT2D eigenvalue weighted by atomic mass is 10.1. The average molecular weight is 405 g/mol. The maximum absolute atomic E-state index is 12.8. The van der Waals surface area contributed by atoms with Crippen molar-refractivity contribution in [3.05, 3.63) is 54.1 Å². The number of aromatic nitrogens is 4. The number of rotatable bonds is 7. The number of carboxylic acid groups (broad SMARTS) is 1. The number of benzene rings is 1. The van der Waals surface area contributed by atoms with Crippen LogP contribution in [-0.2, 0) is 17.5 Å². The normalized spacial score (nSPS) is 11.4. The minimum Gasteiger partial charge on any atom is -0.481 e. The van der Waals surface area contributed by atoms with Crippen molar-refractivity contribution in [2.75, 3.05) is 5.32 Å². The van der Waals surface area contributed by atoms with E-state index in [9.17, 15) is 18.0 Å². The quantitative estimate of drug-likeness (QED) is 0.610. The zero-order valence-electron chi connectivity index (χ0n) is 15.4. The monoisotopic (exact) mass is 405 g/mol. The first-order valence-corrected chi connectivity index (χ1v) is 8.74. The van der Waals surface area contributed by atoms with Crippen molar-refractivity contribution < 1.29 is 23.1 Å². The maximum Gasteiger partial charge on any atom is 0.433 e. The summed E-state index contributed by atoms with van der Waals surface area (Å²) in [6, 6.07) is 6.25. The molecular weight excluding hydrogens is 387 g/mol. The molecule has 0 aliphatic carbocycles. The summed E-state index contributed by atoms with van der Waals surface area (Å²) in [6.07, 6.45) is 0.471. The number of aryl methyl sites for hydroxylation is 2. The van der Waals surface area contributed by atoms with Crippen LogP contribution in [0.2, 0.25) is 0 Å². The Balaban J connectivity index is 1.79. The van der Waals surface area contributed by atoms with Gasteiger partial charge in [0.05, 0.1) is 6.20 Å². The van der Waals surface area contributed by atoms with Crippen LogP contribution in [0.4, 0.5) is 24.8 Å². The fourth-order valence-corrected chi connectivity index (χ4v) is 2.76. The Labute approximate surface area is 164 Å². The topological polar surface area (TPSA) is 92.9 Å². The molecule has 2 N–H and O–H groups in total. The molecule has 10 heteroatoms. The summed E-state index contributed by atoms with van der Waals surface area (Å²) >= 11 is 0. The number of carboxylic acids is 1. The zero-order chi connectivity index (χ0) is 21.0. The minimum absolute atomic E-state index is 0.0602. The number of halogens is 3. The fourth-order valence-electron chi connectivity index (χ4n) is 2.76. The molecule has 2 aromatic heterocycles. The van der Waals surface area contributed by atoms with Crippen LogP contribution < -0.4 is 5.32 Å². The summed E-state index contributed by atoms with van der Waals surface area (Å²) in [5.41, 5.74) is 2.01. The third kappa shape index (κ3) is 5.53. The number of nitrogens with one attached hydrogen (secondary N) is 1. The van der Waals surface area contributed by atoms with Crippen LogP contribution in [0.25, 0.3) is 11.1 Å². The van der Waals surface area contributed by atoms with Crippen molar-refractivity contribution in [1.29, 1.82) is 0 Å². The molecule has 0 saturated heterocycles. The van der Waals surface area contributed by atoms with Gasteiger partial charge in [0.15, 0.2) is 0 Å². The molecule has 0 fully saturated rings. The van der Waals surface area contributed by atoms with Crippen LogP contribution in [0.3, 0.4) is 0 Å². The van der Waals surface area contributed by atoms with E-state index in [1.165, 1.54) is 0 Å². The van der Waals surface area contributed by atoms with E-state index in [1.54, 1.807) is 29.2 Å². The van der Waals surface area contributed by atoms with Gasteiger partial charge in [-0.15, -0.1) is 0 Å². The largest absolute Gasteiger partial charge is 0.481 e. The summed E-state index contributed by atoms with van der Waals surface area (Å²) < 4.78 is 40.2. The number of alkyl halides is 3. The molecule has 0 aliphatic rings. The van der Waals surface area contributed by atoms with Crippen molar-refractivity contribution in [1.82, 2.24) is 19.7 Å². The summed E-state index contributed by atoms with van der Waals surface area (Å²) in [5.74, 6) is -1.01. The van der Waals surface area contributed by atoms with Crippen LogP contribution >= 0.6 is 0 Å². The van der Waals surface area contributed by atoms with Gasteiger partial charge >= 0.3 is 12.1 Å². The Kier molecular flexibility index (Phi) is 5.81. The second-order valence-electron chi connectivity index (χ2n) is 6.47. The second-order valence-corrected chi connectivity index (χ2v) is 6.47. The van der Waals surface area contributed by atoms with Crippen molar-refractivity contribution >= 4 is 17.6 Å². The summed E-state index contributed by atoms with van der Waals surface area (Å²) in [7, 11) is 0. The molecule has 0 aliphatic heterocycles. The standard InChI is InChI=1S/C19H18F3N5O2/c1-12-7-13(14-10-24-27(11-14)6-2-3-17(28)29)9-15(8-12)25-18-23-5-4-16(26-18)19(20,21)22/h4-5,7-11H,2-3,6H2,1H3,(H,28,29)(H,23,25,26). The van der Waals surface area contributed by atoms with Gasteiger partial charge in [-0.05, 0) is 42.7 Å². The molecule has 0 unspecified atom stereocenters. The number of carbonyl (C=O) groups is 1. The Morgan fingerprint density at radius 1 is 1.24 bits per heavy atom. The Bertz CT molecular complexity index is 1020. The SMILES string of the molecule is Cc1cc(Nc2nccc(C(F)(F)F)n2)cc(-c2cnn(CCCC(=O)O)c2)c1. The summed E-state index contributed by atoms with van der Waals surface area (Å²) in [5, 5.41) is 15.7. The summed E-state index contributed by atoms with van der Waals surface area (Å²) in [6.45, 7) is 2.33. The highest BCUT2D eigenvalue weighted by atomic mass is 19.4. The van der Waals surface area contributed by atoms with Gasteiger partial charge in [0.25, 0.3) is 0 Å². The number of aliphatic carboxylic acids is 1. The molecule has 2 heterocycles. The third-order valence-electron chi connectivity index (χ3n) is 4.02. The van der Waals surface area contributed by atoms with E-state index in [0.717, 1.165) is 29.0 Å². The first-order valence-electron chi connectivity index (χ1n) is 8.74. The molecule has 0 radical (unpaired) electrons. The van der Waals surface area contributed by atoms with E-state index < -0.39 is 17.8 Å². The highest BCUT2D eigenvalue weighted by Crippen LogP contribution is 2.29. The molecule has 3 aromatic rings. The minimum atomic E-state index is -4.55. The van der Waals surface area contributed by atoms with Crippen molar-refractivity contribution in [3.63, 3.8) is 0 Å². The second kappa shape index (κ2) is 8.29. The van der Waals surface area contributed by atoms with E-state index in [0.29, 0.717) is 18.7 Å². The van der Waals surface area contributed by atoms with Crippen LogP contribution in [0.5, 0.6) is 0 Å². The fraction of sp³-hybridized carbons (Fsp3) is 0.263. The molecule has 29 heavy (non-hydrogen) atoms. The molecule has 0 bridgehead atoms. The zero-order valence-corrected chi connectivity index (χ0v) is 15.4. The highest BCUT2D eigenvalue weighted by Gasteiger charge is 2.32. The van der Waals surface area contributed by atoms with Gasteiger partial charge in [0.2, 0.25) is 5.95 Å². The van der Waals surface area contributed by atoms with Gasteiger partial charge in [0, 0.05) is 36.6 Å². The van der Waals surface area contributed by atoms with Crippen molar-refractivity contribution in [3.8, 4) is 11.1 Å². The van der Waals surface area contributed by atoms with Gasteiger partial charge in [0.1, 0.15) is 5.69 Å². The van der Waals surface area contributed by atoms with E-state index in [4.69, 9.17) is 5.11 Å².